The Labute approximate surface area is 123 Å². The number of nitrogens with zero attached hydrogens (tertiary/aromatic N) is 2. The van der Waals surface area contributed by atoms with Gasteiger partial charge in [-0.15, -0.1) is 0 Å². The summed E-state index contributed by atoms with van der Waals surface area (Å²) in [4.78, 5) is 15.8. The number of amides is 1. The maximum atomic E-state index is 11.9. The van der Waals surface area contributed by atoms with E-state index in [0.29, 0.717) is 5.75 Å². The highest BCUT2D eigenvalue weighted by Gasteiger charge is 2.13. The normalized spacial score (nSPS) is 12.1. The van der Waals surface area contributed by atoms with Gasteiger partial charge in [-0.3, -0.25) is 9.78 Å². The van der Waals surface area contributed by atoms with Crippen LogP contribution in [-0.2, 0) is 4.79 Å². The van der Waals surface area contributed by atoms with Crippen molar-refractivity contribution in [1.82, 2.24) is 10.4 Å². The molecule has 0 unspecified atom stereocenters. The van der Waals surface area contributed by atoms with Crippen LogP contribution >= 0.6 is 0 Å². The maximum absolute atomic E-state index is 11.9. The number of aromatic nitrogens is 1. The molecule has 0 spiro atoms. The van der Waals surface area contributed by atoms with Crippen molar-refractivity contribution in [1.29, 1.82) is 0 Å². The van der Waals surface area contributed by atoms with E-state index in [9.17, 15) is 4.79 Å². The monoisotopic (exact) mass is 283 g/mol. The quantitative estimate of drug-likeness (QED) is 0.676. The molecule has 0 aliphatic heterocycles. The van der Waals surface area contributed by atoms with E-state index < -0.39 is 6.10 Å². The Hall–Kier alpha value is -2.69. The first kappa shape index (κ1) is 14.7. The fourth-order valence-corrected chi connectivity index (χ4v) is 1.66. The summed E-state index contributed by atoms with van der Waals surface area (Å²) in [5, 5.41) is 3.88. The summed E-state index contributed by atoms with van der Waals surface area (Å²) < 4.78 is 5.56. The third-order valence-corrected chi connectivity index (χ3v) is 2.74. The topological polar surface area (TPSA) is 63.6 Å². The Morgan fingerprint density at radius 1 is 1.38 bits per heavy atom. The van der Waals surface area contributed by atoms with Crippen LogP contribution in [0.3, 0.4) is 0 Å². The van der Waals surface area contributed by atoms with Crippen molar-refractivity contribution in [2.45, 2.75) is 20.0 Å². The lowest BCUT2D eigenvalue weighted by molar-refractivity contribution is -0.127. The lowest BCUT2D eigenvalue weighted by Crippen LogP contribution is -2.33. The van der Waals surface area contributed by atoms with Gasteiger partial charge in [0, 0.05) is 18.0 Å². The van der Waals surface area contributed by atoms with Crippen molar-refractivity contribution in [2.24, 2.45) is 5.10 Å². The van der Waals surface area contributed by atoms with Crippen molar-refractivity contribution >= 4 is 12.1 Å². The Morgan fingerprint density at radius 2 is 2.24 bits per heavy atom. The number of carbonyl (C=O) groups is 1. The minimum Gasteiger partial charge on any atom is -0.481 e. The molecule has 5 heteroatoms. The van der Waals surface area contributed by atoms with Crippen molar-refractivity contribution in [3.05, 3.63) is 59.9 Å². The van der Waals surface area contributed by atoms with E-state index in [1.54, 1.807) is 25.4 Å². The molecule has 1 N–H and O–H groups in total. The predicted octanol–water partition coefficient (Wildman–Crippen LogP) is 2.31. The molecule has 0 aliphatic carbocycles. The van der Waals surface area contributed by atoms with Crippen LogP contribution < -0.4 is 10.2 Å². The highest BCUT2D eigenvalue weighted by Crippen LogP contribution is 2.14. The van der Waals surface area contributed by atoms with Crippen LogP contribution in [0.25, 0.3) is 0 Å². The summed E-state index contributed by atoms with van der Waals surface area (Å²) in [5.41, 5.74) is 4.33. The highest BCUT2D eigenvalue weighted by molar-refractivity contribution is 5.84. The summed E-state index contributed by atoms with van der Waals surface area (Å²) >= 11 is 0. The van der Waals surface area contributed by atoms with Crippen molar-refractivity contribution in [2.75, 3.05) is 0 Å². The SMILES string of the molecule is Cc1cccc(O[C@H](C)C(=O)N/N=C/c2cccnc2)c1. The molecular formula is C16H17N3O2. The smallest absolute Gasteiger partial charge is 0.280 e. The molecule has 108 valence electrons. The molecule has 0 saturated heterocycles. The number of aryl methyl sites for hydroxylation is 1. The van der Waals surface area contributed by atoms with Gasteiger partial charge in [-0.25, -0.2) is 5.43 Å². The minimum atomic E-state index is -0.627. The summed E-state index contributed by atoms with van der Waals surface area (Å²) in [5.74, 6) is 0.352. The predicted molar refractivity (Wildman–Crippen MR) is 81.2 cm³/mol. The van der Waals surface area contributed by atoms with E-state index in [0.717, 1.165) is 11.1 Å². The number of rotatable bonds is 5. The minimum absolute atomic E-state index is 0.309. The second-order valence-corrected chi connectivity index (χ2v) is 4.60. The second kappa shape index (κ2) is 7.19. The molecule has 21 heavy (non-hydrogen) atoms. The summed E-state index contributed by atoms with van der Waals surface area (Å²) in [6.07, 6.45) is 4.23. The molecule has 1 aromatic heterocycles. The van der Waals surface area contributed by atoms with Gasteiger partial charge in [0.05, 0.1) is 6.21 Å². The van der Waals surface area contributed by atoms with Crippen molar-refractivity contribution in [3.8, 4) is 5.75 Å². The van der Waals surface area contributed by atoms with Gasteiger partial charge in [-0.2, -0.15) is 5.10 Å². The molecule has 0 radical (unpaired) electrons. The Balaban J connectivity index is 1.87. The molecule has 0 bridgehead atoms. The fraction of sp³-hybridized carbons (Fsp3) is 0.188. The second-order valence-electron chi connectivity index (χ2n) is 4.60. The first-order chi connectivity index (χ1) is 10.1. The van der Waals surface area contributed by atoms with Crippen molar-refractivity contribution < 1.29 is 9.53 Å². The van der Waals surface area contributed by atoms with E-state index in [1.165, 1.54) is 6.21 Å². The van der Waals surface area contributed by atoms with E-state index in [4.69, 9.17) is 4.74 Å². The molecule has 1 amide bonds. The van der Waals surface area contributed by atoms with Crippen LogP contribution in [0, 0.1) is 6.92 Å². The molecule has 0 saturated carbocycles. The summed E-state index contributed by atoms with van der Waals surface area (Å²) in [7, 11) is 0. The number of ether oxygens (including phenoxy) is 1. The molecule has 2 aromatic rings. The largest absolute Gasteiger partial charge is 0.481 e. The first-order valence-corrected chi connectivity index (χ1v) is 6.61. The third-order valence-electron chi connectivity index (χ3n) is 2.74. The average molecular weight is 283 g/mol. The Kier molecular flexibility index (Phi) is 5.04. The number of hydrazone groups is 1. The van der Waals surface area contributed by atoms with E-state index in [2.05, 4.69) is 15.5 Å². The zero-order chi connectivity index (χ0) is 15.1. The molecule has 5 nitrogen and oxygen atoms in total. The molecular weight excluding hydrogens is 266 g/mol. The van der Waals surface area contributed by atoms with E-state index in [-0.39, 0.29) is 5.91 Å². The molecule has 2 rings (SSSR count). The van der Waals surface area contributed by atoms with Crippen LogP contribution in [0.4, 0.5) is 0 Å². The summed E-state index contributed by atoms with van der Waals surface area (Å²) in [6, 6.07) is 11.2. The lowest BCUT2D eigenvalue weighted by atomic mass is 10.2. The molecule has 1 atom stereocenters. The molecule has 0 aliphatic rings. The van der Waals surface area contributed by atoms with Crippen LogP contribution in [-0.4, -0.2) is 23.2 Å². The molecule has 1 heterocycles. The van der Waals surface area contributed by atoms with Gasteiger partial charge in [0.15, 0.2) is 6.10 Å². The van der Waals surface area contributed by atoms with Gasteiger partial charge in [0.1, 0.15) is 5.75 Å². The number of benzene rings is 1. The number of hydrogen-bond donors (Lipinski definition) is 1. The van der Waals surface area contributed by atoms with Gasteiger partial charge in [0.25, 0.3) is 5.91 Å². The summed E-state index contributed by atoms with van der Waals surface area (Å²) in [6.45, 7) is 3.65. The first-order valence-electron chi connectivity index (χ1n) is 6.61. The van der Waals surface area contributed by atoms with Crippen LogP contribution in [0.15, 0.2) is 53.9 Å². The Bertz CT molecular complexity index is 626. The van der Waals surface area contributed by atoms with Gasteiger partial charge < -0.3 is 4.74 Å². The number of pyridine rings is 1. The van der Waals surface area contributed by atoms with Crippen molar-refractivity contribution in [3.63, 3.8) is 0 Å². The molecule has 1 aromatic carbocycles. The average Bonchev–Trinajstić information content (AvgIpc) is 2.48. The van der Waals surface area contributed by atoms with E-state index >= 15 is 0 Å². The lowest BCUT2D eigenvalue weighted by Gasteiger charge is -2.13. The fourth-order valence-electron chi connectivity index (χ4n) is 1.66. The number of nitrogens with one attached hydrogen (secondary N) is 1. The van der Waals surface area contributed by atoms with Gasteiger partial charge in [-0.05, 0) is 37.6 Å². The highest BCUT2D eigenvalue weighted by atomic mass is 16.5. The number of carbonyl (C=O) groups excluding carboxylic acids is 1. The Morgan fingerprint density at radius 3 is 2.95 bits per heavy atom. The van der Waals surface area contributed by atoms with Crippen LogP contribution in [0.5, 0.6) is 5.75 Å². The third kappa shape index (κ3) is 4.72. The number of hydrogen-bond acceptors (Lipinski definition) is 4. The van der Waals surface area contributed by atoms with E-state index in [1.807, 2.05) is 37.3 Å². The zero-order valence-electron chi connectivity index (χ0n) is 12.0. The van der Waals surface area contributed by atoms with Gasteiger partial charge in [0.2, 0.25) is 0 Å². The maximum Gasteiger partial charge on any atom is 0.280 e. The van der Waals surface area contributed by atoms with Crippen LogP contribution in [0.2, 0.25) is 0 Å². The van der Waals surface area contributed by atoms with Crippen LogP contribution in [0.1, 0.15) is 18.1 Å². The van der Waals surface area contributed by atoms with Gasteiger partial charge in [-0.1, -0.05) is 18.2 Å². The molecule has 0 fully saturated rings. The van der Waals surface area contributed by atoms with Gasteiger partial charge >= 0.3 is 0 Å². The standard InChI is InChI=1S/C16H17N3O2/c1-12-5-3-7-15(9-12)21-13(2)16(20)19-18-11-14-6-4-8-17-10-14/h3-11,13H,1-2H3,(H,19,20)/b18-11+/t13-/m1/s1. The zero-order valence-corrected chi connectivity index (χ0v) is 12.0.